The normalized spacial score (nSPS) is 29.2. The maximum absolute atomic E-state index is 12.4. The number of aromatic nitrogens is 2. The van der Waals surface area contributed by atoms with E-state index in [4.69, 9.17) is 4.74 Å². The van der Waals surface area contributed by atoms with Gasteiger partial charge in [0.25, 0.3) is 0 Å². The van der Waals surface area contributed by atoms with Gasteiger partial charge in [-0.05, 0) is 31.2 Å². The van der Waals surface area contributed by atoms with E-state index in [1.54, 1.807) is 10.9 Å². The number of hydrogen-bond donors (Lipinski definition) is 1. The first-order valence-corrected chi connectivity index (χ1v) is 7.66. The number of rotatable bonds is 3. The van der Waals surface area contributed by atoms with Crippen LogP contribution in [0.25, 0.3) is 0 Å². The molecule has 21 heavy (non-hydrogen) atoms. The molecule has 3 rings (SSSR count). The van der Waals surface area contributed by atoms with Crippen molar-refractivity contribution in [2.75, 3.05) is 19.7 Å². The zero-order chi connectivity index (χ0) is 14.9. The number of carbonyl (C=O) groups is 1. The van der Waals surface area contributed by atoms with Crippen LogP contribution in [0, 0.1) is 0 Å². The molecule has 0 saturated carbocycles. The Kier molecular flexibility index (Phi) is 3.99. The molecule has 0 aromatic carbocycles. The first-order valence-electron chi connectivity index (χ1n) is 7.66. The van der Waals surface area contributed by atoms with Crippen LogP contribution in [-0.4, -0.2) is 57.1 Å². The van der Waals surface area contributed by atoms with Crippen LogP contribution in [0.5, 0.6) is 0 Å². The van der Waals surface area contributed by atoms with Crippen LogP contribution in [-0.2, 0) is 23.0 Å². The van der Waals surface area contributed by atoms with Crippen LogP contribution in [0.2, 0.25) is 0 Å². The molecule has 2 fully saturated rings. The number of aryl methyl sites for hydroxylation is 2. The van der Waals surface area contributed by atoms with Crippen LogP contribution in [0.3, 0.4) is 0 Å². The van der Waals surface area contributed by atoms with Crippen LogP contribution in [0.4, 0.5) is 0 Å². The van der Waals surface area contributed by atoms with Crippen LogP contribution in [0.1, 0.15) is 31.2 Å². The summed E-state index contributed by atoms with van der Waals surface area (Å²) in [6, 6.07) is 0. The Morgan fingerprint density at radius 1 is 1.62 bits per heavy atom. The number of carbonyl (C=O) groups excluding carboxylic acids is 1. The second kappa shape index (κ2) is 5.77. The Morgan fingerprint density at radius 3 is 3.14 bits per heavy atom. The van der Waals surface area contributed by atoms with E-state index < -0.39 is 11.7 Å². The SMILES string of the molecule is Cn1cc(CCC(=O)N2CC[C@H](O)[C@]3(CCCO3)C2)cn1. The van der Waals surface area contributed by atoms with Crippen molar-refractivity contribution in [1.29, 1.82) is 0 Å². The molecule has 0 aliphatic carbocycles. The molecule has 2 saturated heterocycles. The zero-order valence-corrected chi connectivity index (χ0v) is 12.5. The number of piperidine rings is 1. The third kappa shape index (κ3) is 2.96. The summed E-state index contributed by atoms with van der Waals surface area (Å²) in [6.45, 7) is 1.84. The Hall–Kier alpha value is -1.40. The molecule has 0 unspecified atom stereocenters. The van der Waals surface area contributed by atoms with Crippen LogP contribution < -0.4 is 0 Å². The molecule has 3 heterocycles. The smallest absolute Gasteiger partial charge is 0.223 e. The van der Waals surface area contributed by atoms with Gasteiger partial charge in [0.2, 0.25) is 5.91 Å². The van der Waals surface area contributed by atoms with Crippen LogP contribution >= 0.6 is 0 Å². The summed E-state index contributed by atoms with van der Waals surface area (Å²) in [5.74, 6) is 0.139. The molecule has 1 aromatic rings. The van der Waals surface area contributed by atoms with Gasteiger partial charge in [-0.3, -0.25) is 9.48 Å². The second-order valence-electron chi connectivity index (χ2n) is 6.16. The molecule has 6 heteroatoms. The van der Waals surface area contributed by atoms with Crippen molar-refractivity contribution in [3.8, 4) is 0 Å². The lowest BCUT2D eigenvalue weighted by Crippen LogP contribution is -2.57. The van der Waals surface area contributed by atoms with Gasteiger partial charge in [-0.1, -0.05) is 0 Å². The summed E-state index contributed by atoms with van der Waals surface area (Å²) >= 11 is 0. The van der Waals surface area contributed by atoms with E-state index in [0.29, 0.717) is 39.0 Å². The van der Waals surface area contributed by atoms with E-state index >= 15 is 0 Å². The number of amides is 1. The fourth-order valence-corrected chi connectivity index (χ4v) is 3.38. The monoisotopic (exact) mass is 293 g/mol. The summed E-state index contributed by atoms with van der Waals surface area (Å²) < 4.78 is 7.53. The molecule has 6 nitrogen and oxygen atoms in total. The summed E-state index contributed by atoms with van der Waals surface area (Å²) in [5.41, 5.74) is 0.567. The number of hydrogen-bond acceptors (Lipinski definition) is 4. The molecule has 0 bridgehead atoms. The molecule has 0 radical (unpaired) electrons. The lowest BCUT2D eigenvalue weighted by Gasteiger charge is -2.43. The maximum Gasteiger partial charge on any atom is 0.223 e. The third-order valence-corrected chi connectivity index (χ3v) is 4.61. The van der Waals surface area contributed by atoms with E-state index in [2.05, 4.69) is 5.10 Å². The van der Waals surface area contributed by atoms with Gasteiger partial charge in [0.15, 0.2) is 0 Å². The standard InChI is InChI=1S/C15H23N3O3/c1-17-10-12(9-16-17)3-4-14(20)18-7-5-13(19)15(11-18)6-2-8-21-15/h9-10,13,19H,2-8,11H2,1H3/t13-,15-/m0/s1. The number of aliphatic hydroxyl groups excluding tert-OH is 1. The summed E-state index contributed by atoms with van der Waals surface area (Å²) in [4.78, 5) is 14.2. The van der Waals surface area contributed by atoms with Gasteiger partial charge in [-0.25, -0.2) is 0 Å². The third-order valence-electron chi connectivity index (χ3n) is 4.61. The van der Waals surface area contributed by atoms with Gasteiger partial charge in [0.1, 0.15) is 5.60 Å². The largest absolute Gasteiger partial charge is 0.390 e. The maximum atomic E-state index is 12.4. The molecule has 2 atom stereocenters. The molecule has 116 valence electrons. The first-order chi connectivity index (χ1) is 10.1. The van der Waals surface area contributed by atoms with Gasteiger partial charge in [0.05, 0.1) is 18.8 Å². The number of ether oxygens (including phenoxy) is 1. The Labute approximate surface area is 124 Å². The number of nitrogens with zero attached hydrogens (tertiary/aromatic N) is 3. The van der Waals surface area contributed by atoms with Gasteiger partial charge >= 0.3 is 0 Å². The van der Waals surface area contributed by atoms with Gasteiger partial charge < -0.3 is 14.7 Å². The van der Waals surface area contributed by atoms with Gasteiger partial charge in [-0.15, -0.1) is 0 Å². The van der Waals surface area contributed by atoms with E-state index in [-0.39, 0.29) is 5.91 Å². The minimum absolute atomic E-state index is 0.139. The van der Waals surface area contributed by atoms with E-state index in [1.807, 2.05) is 18.1 Å². The van der Waals surface area contributed by atoms with Crippen molar-refractivity contribution in [3.63, 3.8) is 0 Å². The highest BCUT2D eigenvalue weighted by molar-refractivity contribution is 5.76. The molecule has 2 aliphatic rings. The summed E-state index contributed by atoms with van der Waals surface area (Å²) in [5, 5.41) is 14.3. The summed E-state index contributed by atoms with van der Waals surface area (Å²) in [7, 11) is 1.87. The lowest BCUT2D eigenvalue weighted by atomic mass is 9.87. The minimum Gasteiger partial charge on any atom is -0.390 e. The molecule has 1 N–H and O–H groups in total. The van der Waals surface area contributed by atoms with E-state index in [1.165, 1.54) is 0 Å². The highest BCUT2D eigenvalue weighted by Gasteiger charge is 2.46. The predicted molar refractivity (Wildman–Crippen MR) is 76.6 cm³/mol. The summed E-state index contributed by atoms with van der Waals surface area (Å²) in [6.07, 6.45) is 6.91. The molecule has 1 amide bonds. The number of likely N-dealkylation sites (tertiary alicyclic amines) is 1. The van der Waals surface area contributed by atoms with Crippen molar-refractivity contribution in [2.24, 2.45) is 7.05 Å². The predicted octanol–water partition coefficient (Wildman–Crippen LogP) is 0.495. The highest BCUT2D eigenvalue weighted by Crippen LogP contribution is 2.35. The highest BCUT2D eigenvalue weighted by atomic mass is 16.5. The Balaban J connectivity index is 1.57. The topological polar surface area (TPSA) is 67.6 Å². The Bertz CT molecular complexity index is 508. The zero-order valence-electron chi connectivity index (χ0n) is 12.5. The van der Waals surface area contributed by atoms with Crippen molar-refractivity contribution in [2.45, 2.75) is 43.8 Å². The first kappa shape index (κ1) is 14.5. The van der Waals surface area contributed by atoms with E-state index in [9.17, 15) is 9.90 Å². The number of aliphatic hydroxyl groups is 1. The molecule has 1 spiro atoms. The van der Waals surface area contributed by atoms with Gasteiger partial charge in [-0.2, -0.15) is 5.10 Å². The molecule has 1 aromatic heterocycles. The van der Waals surface area contributed by atoms with Gasteiger partial charge in [0, 0.05) is 32.8 Å². The average molecular weight is 293 g/mol. The fourth-order valence-electron chi connectivity index (χ4n) is 3.38. The lowest BCUT2D eigenvalue weighted by molar-refractivity contribution is -0.154. The molecular formula is C15H23N3O3. The Morgan fingerprint density at radius 2 is 2.48 bits per heavy atom. The van der Waals surface area contributed by atoms with E-state index in [0.717, 1.165) is 18.4 Å². The molecular weight excluding hydrogens is 270 g/mol. The van der Waals surface area contributed by atoms with Crippen LogP contribution in [0.15, 0.2) is 12.4 Å². The average Bonchev–Trinajstić information content (AvgIpc) is 3.09. The van der Waals surface area contributed by atoms with Crippen molar-refractivity contribution < 1.29 is 14.6 Å². The van der Waals surface area contributed by atoms with Crippen molar-refractivity contribution in [3.05, 3.63) is 18.0 Å². The van der Waals surface area contributed by atoms with Crippen molar-refractivity contribution >= 4 is 5.91 Å². The fraction of sp³-hybridized carbons (Fsp3) is 0.733. The molecule has 2 aliphatic heterocycles. The minimum atomic E-state index is -0.512. The second-order valence-corrected chi connectivity index (χ2v) is 6.16. The van der Waals surface area contributed by atoms with Crippen molar-refractivity contribution in [1.82, 2.24) is 14.7 Å². The quantitative estimate of drug-likeness (QED) is 0.881.